The third-order valence-electron chi connectivity index (χ3n) is 5.24. The second-order valence-electron chi connectivity index (χ2n) is 7.81. The van der Waals surface area contributed by atoms with Gasteiger partial charge in [0.2, 0.25) is 0 Å². The number of anilines is 1. The standard InChI is InChI=1S/C27H21ClN2O6S/c1-35-23-13-17(7-12-22(23)36-16-25(32)29-20-5-3-2-4-6-20)14-24-26(33)30(27(34)37-24)15-21(31)18-8-10-19(28)11-9-18/h2-14H,15-16H2,1H3,(H,29,32)/b24-14-. The molecule has 1 heterocycles. The number of imide groups is 1. The molecule has 0 saturated carbocycles. The fraction of sp³-hybridized carbons (Fsp3) is 0.111. The third-order valence-corrected chi connectivity index (χ3v) is 6.40. The molecule has 3 aromatic rings. The van der Waals surface area contributed by atoms with E-state index in [0.29, 0.717) is 33.3 Å². The number of nitrogens with zero attached hydrogens (tertiary/aromatic N) is 1. The van der Waals surface area contributed by atoms with E-state index in [2.05, 4.69) is 5.32 Å². The molecule has 1 aliphatic rings. The van der Waals surface area contributed by atoms with Gasteiger partial charge in [-0.3, -0.25) is 24.1 Å². The van der Waals surface area contributed by atoms with Crippen LogP contribution in [0.4, 0.5) is 10.5 Å². The van der Waals surface area contributed by atoms with E-state index in [1.165, 1.54) is 13.2 Å². The first-order chi connectivity index (χ1) is 17.8. The van der Waals surface area contributed by atoms with Gasteiger partial charge in [-0.25, -0.2) is 0 Å². The minimum Gasteiger partial charge on any atom is -0.493 e. The van der Waals surface area contributed by atoms with Crippen LogP contribution in [0.5, 0.6) is 11.5 Å². The van der Waals surface area contributed by atoms with Crippen LogP contribution in [0.15, 0.2) is 77.7 Å². The number of halogens is 1. The van der Waals surface area contributed by atoms with Crippen LogP contribution >= 0.6 is 23.4 Å². The molecule has 0 unspecified atom stereocenters. The molecular weight excluding hydrogens is 516 g/mol. The Kier molecular flexibility index (Phi) is 8.27. The molecule has 10 heteroatoms. The van der Waals surface area contributed by atoms with Crippen molar-refractivity contribution in [2.45, 2.75) is 0 Å². The molecule has 3 aromatic carbocycles. The van der Waals surface area contributed by atoms with Gasteiger partial charge in [-0.15, -0.1) is 0 Å². The minimum absolute atomic E-state index is 0.173. The summed E-state index contributed by atoms with van der Waals surface area (Å²) in [6.07, 6.45) is 1.53. The molecule has 0 radical (unpaired) electrons. The first-order valence-corrected chi connectivity index (χ1v) is 12.2. The van der Waals surface area contributed by atoms with Gasteiger partial charge in [0.05, 0.1) is 18.6 Å². The monoisotopic (exact) mass is 536 g/mol. The number of Topliss-reactive ketones (excluding diaryl/α,β-unsaturated/α-hetero) is 1. The summed E-state index contributed by atoms with van der Waals surface area (Å²) in [5.41, 5.74) is 1.58. The molecule has 8 nitrogen and oxygen atoms in total. The van der Waals surface area contributed by atoms with Crippen LogP contribution in [-0.4, -0.2) is 48.0 Å². The summed E-state index contributed by atoms with van der Waals surface area (Å²) in [5.74, 6) is -0.587. The molecule has 1 N–H and O–H groups in total. The Morgan fingerprint density at radius 3 is 2.43 bits per heavy atom. The van der Waals surface area contributed by atoms with Crippen LogP contribution in [0.1, 0.15) is 15.9 Å². The highest BCUT2D eigenvalue weighted by Gasteiger charge is 2.36. The SMILES string of the molecule is COc1cc(/C=C2\SC(=O)N(CC(=O)c3ccc(Cl)cc3)C2=O)ccc1OCC(=O)Nc1ccccc1. The second-order valence-corrected chi connectivity index (χ2v) is 9.24. The lowest BCUT2D eigenvalue weighted by atomic mass is 10.1. The molecule has 3 amide bonds. The van der Waals surface area contributed by atoms with Gasteiger partial charge < -0.3 is 14.8 Å². The van der Waals surface area contributed by atoms with E-state index in [1.54, 1.807) is 54.6 Å². The maximum absolute atomic E-state index is 12.8. The molecular formula is C27H21ClN2O6S. The van der Waals surface area contributed by atoms with Gasteiger partial charge in [0.25, 0.3) is 17.1 Å². The van der Waals surface area contributed by atoms with Gasteiger partial charge in [-0.1, -0.05) is 35.9 Å². The molecule has 1 aliphatic heterocycles. The molecule has 0 spiro atoms. The van der Waals surface area contributed by atoms with E-state index < -0.39 is 11.1 Å². The van der Waals surface area contributed by atoms with Crippen LogP contribution < -0.4 is 14.8 Å². The highest BCUT2D eigenvalue weighted by Crippen LogP contribution is 2.34. The third kappa shape index (κ3) is 6.58. The van der Waals surface area contributed by atoms with Crippen molar-refractivity contribution < 1.29 is 28.7 Å². The quantitative estimate of drug-likeness (QED) is 0.293. The maximum Gasteiger partial charge on any atom is 0.293 e. The van der Waals surface area contributed by atoms with E-state index in [0.717, 1.165) is 16.7 Å². The number of carbonyl (C=O) groups is 4. The molecule has 37 heavy (non-hydrogen) atoms. The van der Waals surface area contributed by atoms with Gasteiger partial charge in [-0.2, -0.15) is 0 Å². The van der Waals surface area contributed by atoms with Crippen molar-refractivity contribution in [1.82, 2.24) is 4.90 Å². The van der Waals surface area contributed by atoms with E-state index >= 15 is 0 Å². The van der Waals surface area contributed by atoms with Crippen LogP contribution in [0.3, 0.4) is 0 Å². The van der Waals surface area contributed by atoms with Crippen LogP contribution in [0.25, 0.3) is 6.08 Å². The van der Waals surface area contributed by atoms with Gasteiger partial charge in [0, 0.05) is 16.3 Å². The zero-order chi connectivity index (χ0) is 26.4. The van der Waals surface area contributed by atoms with Gasteiger partial charge >= 0.3 is 0 Å². The summed E-state index contributed by atoms with van der Waals surface area (Å²) in [4.78, 5) is 51.0. The zero-order valence-electron chi connectivity index (χ0n) is 19.6. The number of ether oxygens (including phenoxy) is 2. The molecule has 0 aliphatic carbocycles. The van der Waals surface area contributed by atoms with E-state index in [9.17, 15) is 19.2 Å². The molecule has 0 aromatic heterocycles. The van der Waals surface area contributed by atoms with Gasteiger partial charge in [-0.05, 0) is 71.9 Å². The number of benzene rings is 3. The topological polar surface area (TPSA) is 102 Å². The first kappa shape index (κ1) is 26.0. The smallest absolute Gasteiger partial charge is 0.293 e. The first-order valence-electron chi connectivity index (χ1n) is 11.0. The Hall–Kier alpha value is -4.08. The average Bonchev–Trinajstić information content (AvgIpc) is 3.16. The highest BCUT2D eigenvalue weighted by atomic mass is 35.5. The van der Waals surface area contributed by atoms with Crippen molar-refractivity contribution >= 4 is 58.0 Å². The molecule has 4 rings (SSSR count). The molecule has 188 valence electrons. The summed E-state index contributed by atoms with van der Waals surface area (Å²) in [7, 11) is 1.45. The number of ketones is 1. The normalized spacial score (nSPS) is 14.1. The fourth-order valence-electron chi connectivity index (χ4n) is 3.41. The molecule has 0 bridgehead atoms. The lowest BCUT2D eigenvalue weighted by molar-refractivity contribution is -0.122. The van der Waals surface area contributed by atoms with E-state index in [4.69, 9.17) is 21.1 Å². The fourth-order valence-corrected chi connectivity index (χ4v) is 4.38. The Bertz CT molecular complexity index is 1380. The number of methoxy groups -OCH3 is 1. The predicted molar refractivity (Wildman–Crippen MR) is 142 cm³/mol. The number of hydrogen-bond acceptors (Lipinski definition) is 7. The van der Waals surface area contributed by atoms with Crippen molar-refractivity contribution in [3.8, 4) is 11.5 Å². The summed E-state index contributed by atoms with van der Waals surface area (Å²) >= 11 is 6.60. The Morgan fingerprint density at radius 2 is 1.73 bits per heavy atom. The Morgan fingerprint density at radius 1 is 1.00 bits per heavy atom. The number of rotatable bonds is 9. The minimum atomic E-state index is -0.561. The van der Waals surface area contributed by atoms with Crippen molar-refractivity contribution in [3.05, 3.63) is 93.9 Å². The lowest BCUT2D eigenvalue weighted by Crippen LogP contribution is -2.33. The summed E-state index contributed by atoms with van der Waals surface area (Å²) in [6.45, 7) is -0.601. The zero-order valence-corrected chi connectivity index (χ0v) is 21.2. The Labute approximate surface area is 222 Å². The number of thioether (sulfide) groups is 1. The summed E-state index contributed by atoms with van der Waals surface area (Å²) in [5, 5.41) is 2.67. The number of para-hydroxylation sites is 1. The van der Waals surface area contributed by atoms with E-state index in [-0.39, 0.29) is 29.7 Å². The lowest BCUT2D eigenvalue weighted by Gasteiger charge is -2.12. The maximum atomic E-state index is 12.8. The van der Waals surface area contributed by atoms with Crippen molar-refractivity contribution in [3.63, 3.8) is 0 Å². The van der Waals surface area contributed by atoms with Gasteiger partial charge in [0.1, 0.15) is 0 Å². The summed E-state index contributed by atoms with van der Waals surface area (Å²) in [6, 6.07) is 20.1. The van der Waals surface area contributed by atoms with Crippen LogP contribution in [0.2, 0.25) is 5.02 Å². The number of nitrogens with one attached hydrogen (secondary N) is 1. The predicted octanol–water partition coefficient (Wildman–Crippen LogP) is 5.29. The molecule has 1 saturated heterocycles. The Balaban J connectivity index is 1.41. The van der Waals surface area contributed by atoms with Crippen LogP contribution in [0, 0.1) is 0 Å². The van der Waals surface area contributed by atoms with Crippen molar-refractivity contribution in [2.75, 3.05) is 25.6 Å². The van der Waals surface area contributed by atoms with E-state index in [1.807, 2.05) is 18.2 Å². The van der Waals surface area contributed by atoms with Crippen LogP contribution in [-0.2, 0) is 9.59 Å². The molecule has 1 fully saturated rings. The summed E-state index contributed by atoms with van der Waals surface area (Å²) < 4.78 is 11.0. The number of hydrogen-bond donors (Lipinski definition) is 1. The molecule has 0 atom stereocenters. The second kappa shape index (κ2) is 11.8. The average molecular weight is 537 g/mol. The highest BCUT2D eigenvalue weighted by molar-refractivity contribution is 8.18. The number of amides is 3. The van der Waals surface area contributed by atoms with Crippen molar-refractivity contribution in [1.29, 1.82) is 0 Å². The van der Waals surface area contributed by atoms with Gasteiger partial charge in [0.15, 0.2) is 23.9 Å². The van der Waals surface area contributed by atoms with Crippen molar-refractivity contribution in [2.24, 2.45) is 0 Å². The largest absolute Gasteiger partial charge is 0.493 e. The number of carbonyl (C=O) groups excluding carboxylic acids is 4.